The Morgan fingerprint density at radius 2 is 2.02 bits per heavy atom. The lowest BCUT2D eigenvalue weighted by atomic mass is 9.71. The number of benzene rings is 2. The number of halogens is 3. The van der Waals surface area contributed by atoms with Crippen molar-refractivity contribution in [1.29, 1.82) is 0 Å². The van der Waals surface area contributed by atoms with Crippen molar-refractivity contribution in [2.24, 2.45) is 5.73 Å². The van der Waals surface area contributed by atoms with Gasteiger partial charge in [-0.25, -0.2) is 13.1 Å². The van der Waals surface area contributed by atoms with Crippen LogP contribution in [-0.4, -0.2) is 76.7 Å². The Morgan fingerprint density at radius 3 is 2.73 bits per heavy atom. The number of rotatable bonds is 12. The highest BCUT2D eigenvalue weighted by atomic mass is 32.3. The largest absolute Gasteiger partial charge is 0.384 e. The number of carbonyl (C=O) groups excluding carboxylic acids is 1. The van der Waals surface area contributed by atoms with Crippen LogP contribution in [0.25, 0.3) is 0 Å². The van der Waals surface area contributed by atoms with Crippen LogP contribution in [0.15, 0.2) is 42.5 Å². The molecule has 5 atom stereocenters. The van der Waals surface area contributed by atoms with Crippen molar-refractivity contribution >= 4 is 22.4 Å². The highest BCUT2D eigenvalue weighted by Gasteiger charge is 2.43. The molecule has 0 saturated carbocycles. The number of carbonyl (C=O) groups is 1. The molecule has 6 N–H and O–H groups in total. The van der Waals surface area contributed by atoms with Crippen molar-refractivity contribution in [3.05, 3.63) is 65.2 Å². The van der Waals surface area contributed by atoms with Crippen molar-refractivity contribution in [3.8, 4) is 0 Å². The predicted octanol–water partition coefficient (Wildman–Crippen LogP) is 4.60. The molecule has 2 aliphatic rings. The number of fused-ring (bicyclic) bond motifs is 2. The Morgan fingerprint density at radius 1 is 1.27 bits per heavy atom. The molecular formula is C29H41F3N4O4S. The molecule has 2 aromatic rings. The minimum atomic E-state index is -2.90. The molecule has 12 heteroatoms. The normalized spacial score (nSPS) is 25.0. The number of hydrogen-bond acceptors (Lipinski definition) is 7. The van der Waals surface area contributed by atoms with Gasteiger partial charge in [0.2, 0.25) is 5.91 Å². The Hall–Kier alpha value is -2.19. The van der Waals surface area contributed by atoms with Crippen LogP contribution < -0.4 is 16.4 Å². The number of nitrogens with zero attached hydrogens (tertiary/aromatic N) is 1. The second kappa shape index (κ2) is 13.9. The van der Waals surface area contributed by atoms with E-state index >= 15 is 4.39 Å². The molecule has 0 aromatic heterocycles. The molecule has 0 aliphatic carbocycles. The van der Waals surface area contributed by atoms with Crippen LogP contribution in [0, 0.1) is 11.6 Å². The molecule has 41 heavy (non-hydrogen) atoms. The van der Waals surface area contributed by atoms with Gasteiger partial charge in [0.1, 0.15) is 11.6 Å². The molecule has 0 radical (unpaired) electrons. The zero-order valence-corrected chi connectivity index (χ0v) is 24.1. The van der Waals surface area contributed by atoms with Crippen LogP contribution in [0.5, 0.6) is 0 Å². The van der Waals surface area contributed by atoms with Gasteiger partial charge in [-0.2, -0.15) is 0 Å². The van der Waals surface area contributed by atoms with Gasteiger partial charge in [0, 0.05) is 48.9 Å². The minimum absolute atomic E-state index is 0.0128. The van der Waals surface area contributed by atoms with E-state index in [1.165, 1.54) is 43.5 Å². The van der Waals surface area contributed by atoms with E-state index in [2.05, 4.69) is 10.6 Å². The second-order valence-electron chi connectivity index (χ2n) is 11.0. The number of hydrogen-bond donors (Lipinski definition) is 5. The molecule has 0 spiro atoms. The number of anilines is 1. The third kappa shape index (κ3) is 7.24. The highest BCUT2D eigenvalue weighted by molar-refractivity contribution is 8.22. The Labute approximate surface area is 241 Å². The Bertz CT molecular complexity index is 1180. The lowest BCUT2D eigenvalue weighted by Gasteiger charge is -2.49. The number of nitrogens with two attached hydrogens (primary N) is 1. The fraction of sp³-hybridized carbons (Fsp3) is 0.552. The zero-order valence-electron chi connectivity index (χ0n) is 23.3. The van der Waals surface area contributed by atoms with Crippen LogP contribution in [0.4, 0.5) is 18.9 Å². The van der Waals surface area contributed by atoms with Crippen LogP contribution in [0.2, 0.25) is 0 Å². The Kier molecular flexibility index (Phi) is 10.7. The second-order valence-corrected chi connectivity index (χ2v) is 13.1. The van der Waals surface area contributed by atoms with E-state index < -0.39 is 46.4 Å². The van der Waals surface area contributed by atoms with Crippen LogP contribution in [-0.2, 0) is 21.4 Å². The van der Waals surface area contributed by atoms with E-state index in [1.54, 1.807) is 10.4 Å². The van der Waals surface area contributed by atoms with Crippen molar-refractivity contribution < 1.29 is 31.8 Å². The summed E-state index contributed by atoms with van der Waals surface area (Å²) in [5, 5.41) is 6.24. The molecule has 8 nitrogen and oxygen atoms in total. The summed E-state index contributed by atoms with van der Waals surface area (Å²) < 4.78 is 70.9. The molecule has 2 bridgehead atoms. The maximum absolute atomic E-state index is 15.1. The third-order valence-corrected chi connectivity index (χ3v) is 10.4. The van der Waals surface area contributed by atoms with E-state index in [4.69, 9.17) is 10.5 Å². The number of amides is 1. The van der Waals surface area contributed by atoms with Crippen molar-refractivity contribution in [3.63, 3.8) is 0 Å². The van der Waals surface area contributed by atoms with Gasteiger partial charge in [-0.1, -0.05) is 18.2 Å². The summed E-state index contributed by atoms with van der Waals surface area (Å²) in [5.41, 5.74) is 6.47. The number of ether oxygens (including phenoxy) is 1. The van der Waals surface area contributed by atoms with Gasteiger partial charge in [0.15, 0.2) is 0 Å². The van der Waals surface area contributed by atoms with Crippen molar-refractivity contribution in [2.75, 3.05) is 44.6 Å². The molecule has 4 rings (SSSR count). The molecule has 2 heterocycles. The van der Waals surface area contributed by atoms with E-state index in [9.17, 15) is 22.7 Å². The standard InChI is InChI=1S/C29H41F3N4O4S/c1-40-19-29(14-4-15-30,20-8-10-21(31)11-9-20)27(33)28(37)35-26-7-2-6-25(32)24(26)13-12-23-17-34-22-5-3-16-41(38,39)36(23)18-22/h2,6-11,22-23,27,34,38-39H,3-5,12-19,33H2,1H3,(H,35,37)/t22?,23-,27+,29?/m0/s1. The van der Waals surface area contributed by atoms with Gasteiger partial charge in [-0.3, -0.25) is 18.3 Å². The van der Waals surface area contributed by atoms with Crippen LogP contribution in [0.3, 0.4) is 0 Å². The van der Waals surface area contributed by atoms with Gasteiger partial charge < -0.3 is 21.1 Å². The topological polar surface area (TPSA) is 120 Å². The number of methoxy groups -OCH3 is 1. The maximum Gasteiger partial charge on any atom is 0.242 e. The average Bonchev–Trinajstić information content (AvgIpc) is 3.06. The molecule has 2 fully saturated rings. The van der Waals surface area contributed by atoms with Crippen LogP contribution >= 0.6 is 10.8 Å². The van der Waals surface area contributed by atoms with Gasteiger partial charge in [-0.15, -0.1) is 10.8 Å². The average molecular weight is 599 g/mol. The number of nitrogens with one attached hydrogen (secondary N) is 2. The van der Waals surface area contributed by atoms with Gasteiger partial charge >= 0.3 is 0 Å². The first-order valence-corrected chi connectivity index (χ1v) is 15.7. The first-order chi connectivity index (χ1) is 19.6. The first kappa shape index (κ1) is 31.7. The highest BCUT2D eigenvalue weighted by Crippen LogP contribution is 2.49. The number of piperazine rings is 1. The predicted molar refractivity (Wildman–Crippen MR) is 156 cm³/mol. The first-order valence-electron chi connectivity index (χ1n) is 14.0. The zero-order chi connectivity index (χ0) is 29.6. The summed E-state index contributed by atoms with van der Waals surface area (Å²) >= 11 is 0. The van der Waals surface area contributed by atoms with Crippen LogP contribution in [0.1, 0.15) is 43.2 Å². The summed E-state index contributed by atoms with van der Waals surface area (Å²) in [7, 11) is -1.45. The summed E-state index contributed by atoms with van der Waals surface area (Å²) in [6.07, 6.45) is 2.55. The van der Waals surface area contributed by atoms with E-state index in [0.29, 0.717) is 30.8 Å². The molecule has 2 saturated heterocycles. The summed E-state index contributed by atoms with van der Waals surface area (Å²) in [4.78, 5) is 13.6. The van der Waals surface area contributed by atoms with Crippen molar-refractivity contribution in [1.82, 2.24) is 9.62 Å². The van der Waals surface area contributed by atoms with E-state index in [1.807, 2.05) is 0 Å². The molecule has 2 aliphatic heterocycles. The van der Waals surface area contributed by atoms with Crippen molar-refractivity contribution in [2.45, 2.75) is 62.1 Å². The molecule has 3 unspecified atom stereocenters. The molecule has 228 valence electrons. The fourth-order valence-corrected chi connectivity index (χ4v) is 7.99. The van der Waals surface area contributed by atoms with Gasteiger partial charge in [0.05, 0.1) is 25.1 Å². The Balaban J connectivity index is 1.55. The lowest BCUT2D eigenvalue weighted by Crippen LogP contribution is -2.56. The SMILES string of the molecule is COCC(CCCF)(c1ccc(F)cc1)[C@H](N)C(=O)Nc1cccc(F)c1CC[C@H]1CNC2CCCS(O)(O)N1C2. The monoisotopic (exact) mass is 598 g/mol. The molecular weight excluding hydrogens is 557 g/mol. The smallest absolute Gasteiger partial charge is 0.242 e. The van der Waals surface area contributed by atoms with Gasteiger partial charge in [-0.05, 0) is 68.4 Å². The third-order valence-electron chi connectivity index (χ3n) is 8.36. The van der Waals surface area contributed by atoms with E-state index in [-0.39, 0.29) is 49.2 Å². The molecule has 2 aromatic carbocycles. The lowest BCUT2D eigenvalue weighted by molar-refractivity contribution is -0.119. The summed E-state index contributed by atoms with van der Waals surface area (Å²) in [5.74, 6) is -1.25. The summed E-state index contributed by atoms with van der Waals surface area (Å²) in [6.45, 7) is 0.425. The van der Waals surface area contributed by atoms with Gasteiger partial charge in [0.25, 0.3) is 0 Å². The minimum Gasteiger partial charge on any atom is -0.384 e. The van der Waals surface area contributed by atoms with E-state index in [0.717, 1.165) is 12.8 Å². The summed E-state index contributed by atoms with van der Waals surface area (Å²) in [6, 6.07) is 8.70. The number of alkyl halides is 1. The fourth-order valence-electron chi connectivity index (χ4n) is 6.12. The quantitative estimate of drug-likeness (QED) is 0.242. The molecule has 1 amide bonds. The maximum atomic E-state index is 15.1.